The average molecular weight is 319 g/mol. The number of aromatic nitrogens is 2. The Kier molecular flexibility index (Phi) is 4.43. The summed E-state index contributed by atoms with van der Waals surface area (Å²) in [7, 11) is 4.02. The molecule has 122 valence electrons. The first-order valence-corrected chi connectivity index (χ1v) is 8.25. The molecular formula is C19H22BN3O. The lowest BCUT2D eigenvalue weighted by molar-refractivity contribution is 0.0971. The normalized spacial score (nSPS) is 12.2. The van der Waals surface area contributed by atoms with Crippen LogP contribution in [0.3, 0.4) is 0 Å². The van der Waals surface area contributed by atoms with E-state index in [4.69, 9.17) is 4.99 Å². The zero-order valence-electron chi connectivity index (χ0n) is 14.7. The SMILES string of the molecule is Bc1ccc(C(=O)Cn2/c(=N\C(C)C)n(C)c3ccccc32)cc1. The van der Waals surface area contributed by atoms with E-state index in [9.17, 15) is 4.79 Å². The van der Waals surface area contributed by atoms with Crippen molar-refractivity contribution < 1.29 is 4.79 Å². The van der Waals surface area contributed by atoms with Gasteiger partial charge < -0.3 is 9.13 Å². The van der Waals surface area contributed by atoms with Crippen molar-refractivity contribution in [1.29, 1.82) is 0 Å². The van der Waals surface area contributed by atoms with Crippen LogP contribution in [0.5, 0.6) is 0 Å². The van der Waals surface area contributed by atoms with Crippen LogP contribution in [0.15, 0.2) is 53.5 Å². The summed E-state index contributed by atoms with van der Waals surface area (Å²) < 4.78 is 4.06. The largest absolute Gasteiger partial charge is 0.313 e. The number of nitrogens with zero attached hydrogens (tertiary/aromatic N) is 3. The maximum absolute atomic E-state index is 12.7. The molecule has 0 fully saturated rings. The van der Waals surface area contributed by atoms with Crippen molar-refractivity contribution in [3.63, 3.8) is 0 Å². The summed E-state index contributed by atoms with van der Waals surface area (Å²) in [5.41, 5.74) is 4.82. The zero-order valence-corrected chi connectivity index (χ0v) is 14.7. The minimum absolute atomic E-state index is 0.0940. The van der Waals surface area contributed by atoms with Gasteiger partial charge in [0.25, 0.3) is 0 Å². The van der Waals surface area contributed by atoms with Crippen LogP contribution in [0.25, 0.3) is 11.0 Å². The first-order chi connectivity index (χ1) is 11.5. The van der Waals surface area contributed by atoms with Crippen LogP contribution in [0.4, 0.5) is 0 Å². The lowest BCUT2D eigenvalue weighted by Crippen LogP contribution is -2.28. The number of rotatable bonds is 4. The van der Waals surface area contributed by atoms with Crippen LogP contribution >= 0.6 is 0 Å². The van der Waals surface area contributed by atoms with E-state index in [0.29, 0.717) is 0 Å². The van der Waals surface area contributed by atoms with Crippen LogP contribution in [-0.2, 0) is 13.6 Å². The van der Waals surface area contributed by atoms with E-state index in [1.54, 1.807) is 0 Å². The second kappa shape index (κ2) is 6.52. The van der Waals surface area contributed by atoms with Gasteiger partial charge in [0.2, 0.25) is 5.62 Å². The summed E-state index contributed by atoms with van der Waals surface area (Å²) in [6.07, 6.45) is 0. The van der Waals surface area contributed by atoms with Crippen LogP contribution in [-0.4, -0.2) is 28.8 Å². The molecule has 24 heavy (non-hydrogen) atoms. The number of para-hydroxylation sites is 2. The number of aryl methyl sites for hydroxylation is 1. The Morgan fingerprint density at radius 3 is 2.33 bits per heavy atom. The van der Waals surface area contributed by atoms with Gasteiger partial charge in [-0.3, -0.25) is 4.79 Å². The van der Waals surface area contributed by atoms with E-state index in [-0.39, 0.29) is 18.4 Å². The number of fused-ring (bicyclic) bond motifs is 1. The molecule has 2 aromatic carbocycles. The Hall–Kier alpha value is -2.56. The second-order valence-corrected chi connectivity index (χ2v) is 6.45. The molecule has 0 spiro atoms. The number of imidazole rings is 1. The van der Waals surface area contributed by atoms with Gasteiger partial charge in [-0.2, -0.15) is 0 Å². The quantitative estimate of drug-likeness (QED) is 0.530. The molecule has 1 heterocycles. The van der Waals surface area contributed by atoms with Gasteiger partial charge in [0.1, 0.15) is 7.85 Å². The zero-order chi connectivity index (χ0) is 17.3. The topological polar surface area (TPSA) is 39.3 Å². The molecule has 3 rings (SSSR count). The van der Waals surface area contributed by atoms with Gasteiger partial charge in [0.05, 0.1) is 17.6 Å². The third kappa shape index (κ3) is 3.07. The van der Waals surface area contributed by atoms with Crippen LogP contribution in [0.1, 0.15) is 24.2 Å². The van der Waals surface area contributed by atoms with Crippen molar-refractivity contribution in [2.45, 2.75) is 26.4 Å². The van der Waals surface area contributed by atoms with E-state index in [0.717, 1.165) is 27.7 Å². The lowest BCUT2D eigenvalue weighted by atomic mass is 9.94. The molecular weight excluding hydrogens is 297 g/mol. The Labute approximate surface area is 142 Å². The van der Waals surface area contributed by atoms with Crippen molar-refractivity contribution in [2.75, 3.05) is 0 Å². The lowest BCUT2D eigenvalue weighted by Gasteiger charge is -2.06. The maximum Gasteiger partial charge on any atom is 0.206 e. The summed E-state index contributed by atoms with van der Waals surface area (Å²) in [6.45, 7) is 4.38. The molecule has 0 aliphatic heterocycles. The first kappa shape index (κ1) is 16.3. The molecule has 0 atom stereocenters. The van der Waals surface area contributed by atoms with E-state index >= 15 is 0 Å². The highest BCUT2D eigenvalue weighted by Crippen LogP contribution is 2.13. The molecule has 1 aromatic heterocycles. The van der Waals surface area contributed by atoms with Gasteiger partial charge in [-0.15, -0.1) is 0 Å². The number of carbonyl (C=O) groups excluding carboxylic acids is 1. The fraction of sp³-hybridized carbons (Fsp3) is 0.263. The van der Waals surface area contributed by atoms with Crippen molar-refractivity contribution in [2.24, 2.45) is 12.0 Å². The number of ketones is 1. The second-order valence-electron chi connectivity index (χ2n) is 6.45. The summed E-state index contributed by atoms with van der Waals surface area (Å²) >= 11 is 0. The van der Waals surface area contributed by atoms with E-state index in [2.05, 4.69) is 10.6 Å². The van der Waals surface area contributed by atoms with Crippen LogP contribution in [0, 0.1) is 0 Å². The van der Waals surface area contributed by atoms with Gasteiger partial charge >= 0.3 is 0 Å². The maximum atomic E-state index is 12.7. The third-order valence-electron chi connectivity index (χ3n) is 4.12. The number of benzene rings is 2. The van der Waals surface area contributed by atoms with Gasteiger partial charge in [-0.05, 0) is 26.0 Å². The number of Topliss-reactive ketones (excluding diaryl/α,β-unsaturated/α-hetero) is 1. The molecule has 0 aliphatic rings. The molecule has 0 aliphatic carbocycles. The van der Waals surface area contributed by atoms with E-state index in [1.165, 1.54) is 0 Å². The van der Waals surface area contributed by atoms with Gasteiger partial charge in [-0.25, -0.2) is 4.99 Å². The minimum Gasteiger partial charge on any atom is -0.313 e. The molecule has 0 saturated heterocycles. The molecule has 0 bridgehead atoms. The minimum atomic E-state index is 0.0940. The fourth-order valence-electron chi connectivity index (χ4n) is 2.89. The van der Waals surface area contributed by atoms with Gasteiger partial charge in [-0.1, -0.05) is 41.9 Å². The molecule has 5 heteroatoms. The predicted octanol–water partition coefficient (Wildman–Crippen LogP) is 1.43. The summed E-state index contributed by atoms with van der Waals surface area (Å²) in [4.78, 5) is 17.5. The molecule has 0 N–H and O–H groups in total. The fourth-order valence-corrected chi connectivity index (χ4v) is 2.89. The summed E-state index contributed by atoms with van der Waals surface area (Å²) in [5.74, 6) is 0.0940. The number of carbonyl (C=O) groups is 1. The predicted molar refractivity (Wildman–Crippen MR) is 101 cm³/mol. The average Bonchev–Trinajstić information content (AvgIpc) is 2.81. The van der Waals surface area contributed by atoms with Gasteiger partial charge in [0, 0.05) is 18.7 Å². The smallest absolute Gasteiger partial charge is 0.206 e. The van der Waals surface area contributed by atoms with Crippen molar-refractivity contribution in [3.05, 3.63) is 59.7 Å². The van der Waals surface area contributed by atoms with E-state index in [1.807, 2.05) is 75.8 Å². The number of hydrogen-bond donors (Lipinski definition) is 0. The van der Waals surface area contributed by atoms with E-state index < -0.39 is 0 Å². The monoisotopic (exact) mass is 319 g/mol. The highest BCUT2D eigenvalue weighted by atomic mass is 16.1. The van der Waals surface area contributed by atoms with Crippen molar-refractivity contribution >= 4 is 30.1 Å². The molecule has 0 unspecified atom stereocenters. The summed E-state index contributed by atoms with van der Waals surface area (Å²) in [5, 5.41) is 0. The Balaban J connectivity index is 2.11. The standard InChI is InChI=1S/C19H22BN3O/c1-13(2)21-19-22(3)16-6-4-5-7-17(16)23(19)12-18(24)14-8-10-15(20)11-9-14/h4-11,13H,12,20H2,1-3H3/b21-19-. The molecule has 0 saturated carbocycles. The van der Waals surface area contributed by atoms with Crippen LogP contribution < -0.4 is 11.1 Å². The highest BCUT2D eigenvalue weighted by Gasteiger charge is 2.13. The first-order valence-electron chi connectivity index (χ1n) is 8.25. The third-order valence-corrected chi connectivity index (χ3v) is 4.12. The van der Waals surface area contributed by atoms with Gasteiger partial charge in [0.15, 0.2) is 5.78 Å². The molecule has 3 aromatic rings. The highest BCUT2D eigenvalue weighted by molar-refractivity contribution is 6.32. The molecule has 0 amide bonds. The molecule has 0 radical (unpaired) electrons. The van der Waals surface area contributed by atoms with Crippen molar-refractivity contribution in [3.8, 4) is 0 Å². The Morgan fingerprint density at radius 2 is 1.71 bits per heavy atom. The summed E-state index contributed by atoms with van der Waals surface area (Å²) in [6, 6.07) is 16.0. The van der Waals surface area contributed by atoms with Crippen molar-refractivity contribution in [1.82, 2.24) is 9.13 Å². The molecule has 4 nitrogen and oxygen atoms in total. The Morgan fingerprint density at radius 1 is 1.08 bits per heavy atom. The number of hydrogen-bond acceptors (Lipinski definition) is 2. The Bertz CT molecular complexity index is 949. The van der Waals surface area contributed by atoms with Crippen LogP contribution in [0.2, 0.25) is 0 Å².